The third kappa shape index (κ3) is 3.61. The monoisotopic (exact) mass is 318 g/mol. The van der Waals surface area contributed by atoms with Gasteiger partial charge in [-0.3, -0.25) is 4.79 Å². The number of benzene rings is 1. The molecule has 5 nitrogen and oxygen atoms in total. The number of ether oxygens (including phenoxy) is 2. The van der Waals surface area contributed by atoms with E-state index < -0.39 is 0 Å². The molecule has 0 bridgehead atoms. The minimum absolute atomic E-state index is 0.0474. The molecule has 0 spiro atoms. The summed E-state index contributed by atoms with van der Waals surface area (Å²) in [5.41, 5.74) is 8.04. The average Bonchev–Trinajstić information content (AvgIpc) is 3.09. The average molecular weight is 318 g/mol. The summed E-state index contributed by atoms with van der Waals surface area (Å²) in [6.07, 6.45) is 3.71. The Morgan fingerprint density at radius 3 is 2.96 bits per heavy atom. The van der Waals surface area contributed by atoms with Gasteiger partial charge in [0, 0.05) is 36.1 Å². The van der Waals surface area contributed by atoms with Gasteiger partial charge >= 0.3 is 0 Å². The zero-order valence-electron chi connectivity index (χ0n) is 13.9. The minimum Gasteiger partial charge on any atom is -0.494 e. The van der Waals surface area contributed by atoms with Crippen molar-refractivity contribution in [2.45, 2.75) is 58.2 Å². The fourth-order valence-electron chi connectivity index (χ4n) is 3.49. The van der Waals surface area contributed by atoms with Crippen LogP contribution in [0.4, 0.5) is 0 Å². The molecule has 3 rings (SSSR count). The van der Waals surface area contributed by atoms with Crippen molar-refractivity contribution < 1.29 is 14.3 Å². The molecule has 1 aromatic carbocycles. The van der Waals surface area contributed by atoms with E-state index in [1.165, 1.54) is 5.56 Å². The van der Waals surface area contributed by atoms with Gasteiger partial charge in [-0.05, 0) is 45.2 Å². The Morgan fingerprint density at radius 2 is 2.26 bits per heavy atom. The second-order valence-corrected chi connectivity index (χ2v) is 6.62. The molecule has 1 saturated carbocycles. The van der Waals surface area contributed by atoms with E-state index in [9.17, 15) is 4.79 Å². The summed E-state index contributed by atoms with van der Waals surface area (Å²) in [5.74, 6) is 1.89. The van der Waals surface area contributed by atoms with Crippen molar-refractivity contribution in [1.29, 1.82) is 0 Å². The Morgan fingerprint density at radius 1 is 1.43 bits per heavy atom. The maximum absolute atomic E-state index is 12.3. The van der Waals surface area contributed by atoms with Gasteiger partial charge < -0.3 is 20.5 Å². The second-order valence-electron chi connectivity index (χ2n) is 6.62. The van der Waals surface area contributed by atoms with E-state index in [0.29, 0.717) is 13.2 Å². The molecule has 1 fully saturated rings. The van der Waals surface area contributed by atoms with Gasteiger partial charge in [0.25, 0.3) is 0 Å². The van der Waals surface area contributed by atoms with Crippen LogP contribution in [0, 0.1) is 5.92 Å². The largest absolute Gasteiger partial charge is 0.494 e. The Hall–Kier alpha value is -1.75. The van der Waals surface area contributed by atoms with Crippen LogP contribution in [0.15, 0.2) is 12.1 Å². The first-order valence-electron chi connectivity index (χ1n) is 8.55. The molecule has 1 amide bonds. The summed E-state index contributed by atoms with van der Waals surface area (Å²) in [5, 5.41) is 3.03. The van der Waals surface area contributed by atoms with Crippen molar-refractivity contribution in [2.75, 3.05) is 6.61 Å². The number of hydrogen-bond donors (Lipinski definition) is 2. The van der Waals surface area contributed by atoms with Crippen LogP contribution in [0.25, 0.3) is 0 Å². The lowest BCUT2D eigenvalue weighted by Crippen LogP contribution is -2.30. The zero-order chi connectivity index (χ0) is 16.4. The first kappa shape index (κ1) is 16.1. The first-order valence-corrected chi connectivity index (χ1v) is 8.55. The Labute approximate surface area is 137 Å². The number of amides is 1. The lowest BCUT2D eigenvalue weighted by Gasteiger charge is -2.15. The number of carbonyl (C=O) groups is 1. The molecular weight excluding hydrogens is 292 g/mol. The summed E-state index contributed by atoms with van der Waals surface area (Å²) in [6.45, 7) is 5.10. The number of nitrogens with two attached hydrogens (primary N) is 1. The molecule has 1 heterocycles. The molecule has 0 saturated heterocycles. The molecule has 0 radical (unpaired) electrons. The predicted molar refractivity (Wildman–Crippen MR) is 88.6 cm³/mol. The topological polar surface area (TPSA) is 73.6 Å². The summed E-state index contributed by atoms with van der Waals surface area (Å²) in [4.78, 5) is 12.3. The van der Waals surface area contributed by atoms with Crippen molar-refractivity contribution in [3.8, 4) is 11.5 Å². The minimum atomic E-state index is 0.0474. The molecule has 0 aromatic heterocycles. The molecule has 0 unspecified atom stereocenters. The van der Waals surface area contributed by atoms with E-state index in [-0.39, 0.29) is 24.0 Å². The Kier molecular flexibility index (Phi) is 4.76. The van der Waals surface area contributed by atoms with E-state index in [0.717, 1.165) is 42.7 Å². The van der Waals surface area contributed by atoms with Gasteiger partial charge in [-0.1, -0.05) is 0 Å². The highest BCUT2D eigenvalue weighted by atomic mass is 16.5. The predicted octanol–water partition coefficient (Wildman–Crippen LogP) is 2.15. The molecule has 1 aliphatic carbocycles. The molecule has 2 aliphatic rings. The summed E-state index contributed by atoms with van der Waals surface area (Å²) in [7, 11) is 0. The smallest absolute Gasteiger partial charge is 0.223 e. The van der Waals surface area contributed by atoms with Crippen LogP contribution in [-0.4, -0.2) is 24.7 Å². The summed E-state index contributed by atoms with van der Waals surface area (Å²) < 4.78 is 11.6. The van der Waals surface area contributed by atoms with E-state index in [1.54, 1.807) is 0 Å². The van der Waals surface area contributed by atoms with Crippen molar-refractivity contribution >= 4 is 5.91 Å². The summed E-state index contributed by atoms with van der Waals surface area (Å²) in [6, 6.07) is 4.22. The van der Waals surface area contributed by atoms with Gasteiger partial charge in [0.1, 0.15) is 17.6 Å². The van der Waals surface area contributed by atoms with Crippen molar-refractivity contribution in [3.63, 3.8) is 0 Å². The van der Waals surface area contributed by atoms with Crippen LogP contribution in [0.2, 0.25) is 0 Å². The fourth-order valence-corrected chi connectivity index (χ4v) is 3.49. The number of fused-ring (bicyclic) bond motifs is 1. The van der Waals surface area contributed by atoms with E-state index >= 15 is 0 Å². The van der Waals surface area contributed by atoms with Crippen LogP contribution in [0.1, 0.15) is 44.2 Å². The molecule has 23 heavy (non-hydrogen) atoms. The zero-order valence-corrected chi connectivity index (χ0v) is 13.9. The summed E-state index contributed by atoms with van der Waals surface area (Å²) >= 11 is 0. The van der Waals surface area contributed by atoms with Gasteiger partial charge in [-0.15, -0.1) is 0 Å². The third-order valence-corrected chi connectivity index (χ3v) is 4.68. The normalized spacial score (nSPS) is 25.8. The molecule has 3 N–H and O–H groups in total. The van der Waals surface area contributed by atoms with E-state index in [2.05, 4.69) is 18.3 Å². The van der Waals surface area contributed by atoms with Crippen LogP contribution >= 0.6 is 0 Å². The molecule has 1 aromatic rings. The van der Waals surface area contributed by atoms with Crippen molar-refractivity contribution in [3.05, 3.63) is 23.3 Å². The van der Waals surface area contributed by atoms with Crippen molar-refractivity contribution in [2.24, 2.45) is 11.7 Å². The molecule has 5 heteroatoms. The highest BCUT2D eigenvalue weighted by Gasteiger charge is 2.28. The van der Waals surface area contributed by atoms with E-state index in [4.69, 9.17) is 15.2 Å². The molecular formula is C18H26N2O3. The van der Waals surface area contributed by atoms with Gasteiger partial charge in [0.05, 0.1) is 6.61 Å². The SMILES string of the molecule is CCOc1cc2c(cc1CNC(=O)[C@@H]1CC[C@H](N)C1)O[C@@H](C)C2. The lowest BCUT2D eigenvalue weighted by molar-refractivity contribution is -0.125. The molecule has 126 valence electrons. The van der Waals surface area contributed by atoms with E-state index in [1.807, 2.05) is 13.0 Å². The van der Waals surface area contributed by atoms with Crippen LogP contribution in [0.3, 0.4) is 0 Å². The van der Waals surface area contributed by atoms with Gasteiger partial charge in [-0.2, -0.15) is 0 Å². The number of nitrogens with one attached hydrogen (secondary N) is 1. The Bertz CT molecular complexity index is 588. The second kappa shape index (κ2) is 6.79. The maximum Gasteiger partial charge on any atom is 0.223 e. The van der Waals surface area contributed by atoms with Crippen LogP contribution in [-0.2, 0) is 17.8 Å². The van der Waals surface area contributed by atoms with Gasteiger partial charge in [0.15, 0.2) is 0 Å². The van der Waals surface area contributed by atoms with Gasteiger partial charge in [-0.25, -0.2) is 0 Å². The number of rotatable bonds is 5. The number of carbonyl (C=O) groups excluding carboxylic acids is 1. The standard InChI is InChI=1S/C18H26N2O3/c1-3-22-16-8-13-6-11(2)23-17(13)9-14(16)10-20-18(21)12-4-5-15(19)7-12/h8-9,11-12,15H,3-7,10,19H2,1-2H3,(H,20,21)/t11-,12+,15-/m0/s1. The molecule has 1 aliphatic heterocycles. The quantitative estimate of drug-likeness (QED) is 0.872. The van der Waals surface area contributed by atoms with Crippen LogP contribution < -0.4 is 20.5 Å². The fraction of sp³-hybridized carbons (Fsp3) is 0.611. The Balaban J connectivity index is 1.69. The number of hydrogen-bond acceptors (Lipinski definition) is 4. The maximum atomic E-state index is 12.3. The van der Waals surface area contributed by atoms with Crippen LogP contribution in [0.5, 0.6) is 11.5 Å². The van der Waals surface area contributed by atoms with Crippen molar-refractivity contribution in [1.82, 2.24) is 5.32 Å². The first-order chi connectivity index (χ1) is 11.1. The highest BCUT2D eigenvalue weighted by Crippen LogP contribution is 2.35. The third-order valence-electron chi connectivity index (χ3n) is 4.68. The highest BCUT2D eigenvalue weighted by molar-refractivity contribution is 5.79. The van der Waals surface area contributed by atoms with Gasteiger partial charge in [0.2, 0.25) is 5.91 Å². The molecule has 3 atom stereocenters. The lowest BCUT2D eigenvalue weighted by atomic mass is 10.0.